The van der Waals surface area contributed by atoms with E-state index in [1.165, 1.54) is 6.07 Å². The molecule has 132 valence electrons. The number of aromatic nitrogens is 3. The topological polar surface area (TPSA) is 61.9 Å². The third kappa shape index (κ3) is 3.25. The van der Waals surface area contributed by atoms with Crippen LogP contribution in [0.1, 0.15) is 16.8 Å². The Hall–Kier alpha value is -2.57. The molecule has 0 saturated heterocycles. The maximum Gasteiger partial charge on any atom is 0.254 e. The van der Waals surface area contributed by atoms with E-state index in [0.29, 0.717) is 59.4 Å². The van der Waals surface area contributed by atoms with Crippen molar-refractivity contribution in [2.24, 2.45) is 0 Å². The molecule has 0 unspecified atom stereocenters. The second kappa shape index (κ2) is 6.97. The molecule has 1 aromatic carbocycles. The van der Waals surface area contributed by atoms with Crippen molar-refractivity contribution in [2.75, 3.05) is 6.54 Å². The van der Waals surface area contributed by atoms with Crippen LogP contribution in [-0.4, -0.2) is 26.4 Å². The van der Waals surface area contributed by atoms with Crippen LogP contribution in [0.2, 0.25) is 5.02 Å². The van der Waals surface area contributed by atoms with Crippen LogP contribution in [0.15, 0.2) is 47.4 Å². The molecule has 26 heavy (non-hydrogen) atoms. The second-order valence-corrected chi connectivity index (χ2v) is 6.62. The van der Waals surface area contributed by atoms with Crippen LogP contribution in [0.5, 0.6) is 0 Å². The van der Waals surface area contributed by atoms with E-state index in [9.17, 15) is 9.18 Å². The third-order valence-corrected chi connectivity index (χ3v) is 4.86. The largest absolute Gasteiger partial charge is 0.305 e. The van der Waals surface area contributed by atoms with Crippen LogP contribution in [0, 0.1) is 5.82 Å². The Morgan fingerprint density at radius 2 is 2.12 bits per heavy atom. The van der Waals surface area contributed by atoms with Gasteiger partial charge in [0.05, 0.1) is 5.69 Å². The molecular weight excluding hydrogens is 355 g/mol. The van der Waals surface area contributed by atoms with Gasteiger partial charge in [-0.15, -0.1) is 0 Å². The molecule has 0 bridgehead atoms. The predicted molar refractivity (Wildman–Crippen MR) is 97.3 cm³/mol. The number of hydrogen-bond acceptors (Lipinski definition) is 4. The highest BCUT2D eigenvalue weighted by atomic mass is 35.5. The van der Waals surface area contributed by atoms with E-state index in [-0.39, 0.29) is 11.4 Å². The fourth-order valence-corrected chi connectivity index (χ4v) is 3.38. The van der Waals surface area contributed by atoms with E-state index in [4.69, 9.17) is 11.6 Å². The summed E-state index contributed by atoms with van der Waals surface area (Å²) >= 11 is 6.13. The number of H-pyrrole nitrogens is 1. The Morgan fingerprint density at radius 1 is 1.23 bits per heavy atom. The van der Waals surface area contributed by atoms with E-state index in [2.05, 4.69) is 15.0 Å². The average Bonchev–Trinajstić information content (AvgIpc) is 2.65. The molecule has 0 radical (unpaired) electrons. The maximum atomic E-state index is 14.1. The molecule has 0 aliphatic carbocycles. The van der Waals surface area contributed by atoms with Gasteiger partial charge in [-0.1, -0.05) is 23.7 Å². The number of nitrogens with zero attached hydrogens (tertiary/aromatic N) is 3. The zero-order chi connectivity index (χ0) is 18.1. The fourth-order valence-electron chi connectivity index (χ4n) is 3.16. The van der Waals surface area contributed by atoms with Gasteiger partial charge < -0.3 is 4.98 Å². The van der Waals surface area contributed by atoms with Crippen molar-refractivity contribution in [1.82, 2.24) is 19.9 Å². The number of benzene rings is 1. The Balaban J connectivity index is 1.64. The van der Waals surface area contributed by atoms with E-state index >= 15 is 0 Å². The molecule has 3 aromatic rings. The van der Waals surface area contributed by atoms with Gasteiger partial charge in [0.15, 0.2) is 5.82 Å². The lowest BCUT2D eigenvalue weighted by Gasteiger charge is -2.28. The zero-order valence-electron chi connectivity index (χ0n) is 13.9. The highest BCUT2D eigenvalue weighted by Crippen LogP contribution is 2.24. The van der Waals surface area contributed by atoms with Crippen molar-refractivity contribution in [2.45, 2.75) is 19.5 Å². The van der Waals surface area contributed by atoms with Crippen molar-refractivity contribution in [3.8, 4) is 11.5 Å². The third-order valence-electron chi connectivity index (χ3n) is 4.50. The van der Waals surface area contributed by atoms with Crippen LogP contribution >= 0.6 is 11.6 Å². The predicted octanol–water partition coefficient (Wildman–Crippen LogP) is 3.18. The maximum absolute atomic E-state index is 14.1. The van der Waals surface area contributed by atoms with E-state index < -0.39 is 0 Å². The standard InChI is InChI=1S/C19H16ClFN4O/c20-14-4-3-5-15(21)13(14)10-25-9-7-12-17(11-25)23-18(24-19(12)26)16-6-1-2-8-22-16/h1-6,8H,7,9-11H2,(H,23,24,26). The van der Waals surface area contributed by atoms with Gasteiger partial charge in [0.25, 0.3) is 5.56 Å². The molecule has 0 atom stereocenters. The van der Waals surface area contributed by atoms with Gasteiger partial charge in [0.2, 0.25) is 0 Å². The molecule has 1 aliphatic rings. The van der Waals surface area contributed by atoms with Crippen molar-refractivity contribution in [3.05, 3.63) is 80.6 Å². The van der Waals surface area contributed by atoms with Gasteiger partial charge >= 0.3 is 0 Å². The number of pyridine rings is 1. The molecule has 0 fully saturated rings. The summed E-state index contributed by atoms with van der Waals surface area (Å²) in [6.07, 6.45) is 2.22. The first-order valence-electron chi connectivity index (χ1n) is 8.30. The fraction of sp³-hybridized carbons (Fsp3) is 0.211. The normalized spacial score (nSPS) is 14.2. The number of hydrogen-bond donors (Lipinski definition) is 1. The van der Waals surface area contributed by atoms with E-state index in [1.54, 1.807) is 30.5 Å². The molecule has 0 saturated carbocycles. The summed E-state index contributed by atoms with van der Waals surface area (Å²) < 4.78 is 14.1. The molecule has 2 aromatic heterocycles. The van der Waals surface area contributed by atoms with Gasteiger partial charge in [-0.05, 0) is 30.7 Å². The second-order valence-electron chi connectivity index (χ2n) is 6.22. The van der Waals surface area contributed by atoms with E-state index in [0.717, 1.165) is 0 Å². The number of nitrogens with one attached hydrogen (secondary N) is 1. The van der Waals surface area contributed by atoms with Gasteiger partial charge in [-0.2, -0.15) is 0 Å². The first-order valence-corrected chi connectivity index (χ1v) is 8.68. The molecule has 5 nitrogen and oxygen atoms in total. The van der Waals surface area contributed by atoms with Crippen molar-refractivity contribution in [1.29, 1.82) is 0 Å². The summed E-state index contributed by atoms with van der Waals surface area (Å²) in [5, 5.41) is 0.406. The molecule has 0 amide bonds. The molecule has 3 heterocycles. The van der Waals surface area contributed by atoms with Gasteiger partial charge in [0.1, 0.15) is 11.5 Å². The lowest BCUT2D eigenvalue weighted by atomic mass is 10.1. The smallest absolute Gasteiger partial charge is 0.254 e. The van der Waals surface area contributed by atoms with Crippen LogP contribution < -0.4 is 5.56 Å². The minimum Gasteiger partial charge on any atom is -0.305 e. The number of aromatic amines is 1. The lowest BCUT2D eigenvalue weighted by molar-refractivity contribution is 0.237. The lowest BCUT2D eigenvalue weighted by Crippen LogP contribution is -2.35. The van der Waals surface area contributed by atoms with Crippen LogP contribution in [0.25, 0.3) is 11.5 Å². The zero-order valence-corrected chi connectivity index (χ0v) is 14.6. The van der Waals surface area contributed by atoms with E-state index in [1.807, 2.05) is 11.0 Å². The summed E-state index contributed by atoms with van der Waals surface area (Å²) in [6.45, 7) is 1.48. The number of fused-ring (bicyclic) bond motifs is 1. The first kappa shape index (κ1) is 16.9. The molecule has 1 N–H and O–H groups in total. The Bertz CT molecular complexity index is 986. The molecule has 1 aliphatic heterocycles. The first-order chi connectivity index (χ1) is 12.6. The van der Waals surface area contributed by atoms with Crippen molar-refractivity contribution in [3.63, 3.8) is 0 Å². The Kier molecular flexibility index (Phi) is 4.53. The molecule has 0 spiro atoms. The molecule has 4 rings (SSSR count). The summed E-state index contributed by atoms with van der Waals surface area (Å²) in [6, 6.07) is 10.1. The summed E-state index contributed by atoms with van der Waals surface area (Å²) in [4.78, 5) is 26.1. The van der Waals surface area contributed by atoms with Crippen LogP contribution in [-0.2, 0) is 19.5 Å². The highest BCUT2D eigenvalue weighted by molar-refractivity contribution is 6.31. The van der Waals surface area contributed by atoms with Crippen LogP contribution in [0.4, 0.5) is 4.39 Å². The minimum absolute atomic E-state index is 0.140. The number of rotatable bonds is 3. The summed E-state index contributed by atoms with van der Waals surface area (Å²) in [7, 11) is 0. The quantitative estimate of drug-likeness (QED) is 0.769. The average molecular weight is 371 g/mol. The van der Waals surface area contributed by atoms with Gasteiger partial charge in [0, 0.05) is 42.0 Å². The van der Waals surface area contributed by atoms with Crippen molar-refractivity contribution >= 4 is 11.6 Å². The molecule has 7 heteroatoms. The van der Waals surface area contributed by atoms with Gasteiger partial charge in [-0.25, -0.2) is 9.37 Å². The molecular formula is C19H16ClFN4O. The minimum atomic E-state index is -0.323. The highest BCUT2D eigenvalue weighted by Gasteiger charge is 2.23. The monoisotopic (exact) mass is 370 g/mol. The Morgan fingerprint density at radius 3 is 2.88 bits per heavy atom. The van der Waals surface area contributed by atoms with Crippen LogP contribution in [0.3, 0.4) is 0 Å². The Labute approximate surface area is 154 Å². The SMILES string of the molecule is O=c1[nH]c(-c2ccccn2)nc2c1CCN(Cc1c(F)cccc1Cl)C2. The van der Waals surface area contributed by atoms with Crippen molar-refractivity contribution < 1.29 is 4.39 Å². The summed E-state index contributed by atoms with van der Waals surface area (Å²) in [5.74, 6) is 0.122. The number of halogens is 2. The van der Waals surface area contributed by atoms with Gasteiger partial charge in [-0.3, -0.25) is 14.7 Å². The summed E-state index contributed by atoms with van der Waals surface area (Å²) in [5.41, 5.74) is 2.32.